The number of nitrogens with two attached hydrogens (primary N) is 1. The summed E-state index contributed by atoms with van der Waals surface area (Å²) in [5.41, 5.74) is 9.07. The number of nitrogens with one attached hydrogen (secondary N) is 1. The molecule has 148 valence electrons. The van der Waals surface area contributed by atoms with E-state index in [1.54, 1.807) is 0 Å². The van der Waals surface area contributed by atoms with E-state index < -0.39 is 0 Å². The molecule has 1 amide bonds. The topological polar surface area (TPSA) is 72.9 Å². The number of carbonyl (C=O) groups excluding carboxylic acids is 1. The quantitative estimate of drug-likeness (QED) is 0.798. The standard InChI is InChI=1S/C20H26N4O.2ClH/c21-12-15-4-3-6-18(15)20(25)23-16-9-7-14(8-10-16)19-22-13-17-5-1-2-11-24(17)19;;/h7-10,13,15,18H,1-6,11-12,21H2,(H,23,25);2*1H/t15-,18-;;/m1../s1. The van der Waals surface area contributed by atoms with Gasteiger partial charge in [0, 0.05) is 35.6 Å². The van der Waals surface area contributed by atoms with Gasteiger partial charge in [0.15, 0.2) is 0 Å². The zero-order valence-electron chi connectivity index (χ0n) is 15.4. The molecular weight excluding hydrogens is 383 g/mol. The molecule has 1 fully saturated rings. The summed E-state index contributed by atoms with van der Waals surface area (Å²) in [7, 11) is 0. The van der Waals surface area contributed by atoms with Crippen molar-refractivity contribution in [2.45, 2.75) is 45.1 Å². The van der Waals surface area contributed by atoms with E-state index in [4.69, 9.17) is 5.73 Å². The molecule has 1 aromatic heterocycles. The van der Waals surface area contributed by atoms with Crippen LogP contribution >= 0.6 is 24.8 Å². The van der Waals surface area contributed by atoms with Crippen LogP contribution < -0.4 is 11.1 Å². The SMILES string of the molecule is Cl.Cl.NC[C@H]1CCC[C@H]1C(=O)Nc1ccc(-c2ncc3n2CCCC3)cc1. The van der Waals surface area contributed by atoms with Gasteiger partial charge >= 0.3 is 0 Å². The van der Waals surface area contributed by atoms with Crippen LogP contribution in [0.1, 0.15) is 37.8 Å². The number of carbonyl (C=O) groups is 1. The van der Waals surface area contributed by atoms with Crippen LogP contribution in [0.4, 0.5) is 5.69 Å². The molecule has 1 aliphatic heterocycles. The maximum absolute atomic E-state index is 12.5. The smallest absolute Gasteiger partial charge is 0.227 e. The first kappa shape index (κ1) is 21.7. The number of hydrogen-bond acceptors (Lipinski definition) is 3. The van der Waals surface area contributed by atoms with Crippen molar-refractivity contribution in [3.63, 3.8) is 0 Å². The molecule has 0 bridgehead atoms. The van der Waals surface area contributed by atoms with Crippen LogP contribution in [0, 0.1) is 11.8 Å². The van der Waals surface area contributed by atoms with E-state index in [-0.39, 0.29) is 36.6 Å². The number of hydrogen-bond donors (Lipinski definition) is 2. The molecule has 1 saturated carbocycles. The highest BCUT2D eigenvalue weighted by Crippen LogP contribution is 2.32. The fourth-order valence-corrected chi connectivity index (χ4v) is 4.27. The average molecular weight is 411 g/mol. The highest BCUT2D eigenvalue weighted by molar-refractivity contribution is 5.93. The number of imidazole rings is 1. The van der Waals surface area contributed by atoms with E-state index in [1.807, 2.05) is 18.3 Å². The maximum atomic E-state index is 12.5. The second-order valence-corrected chi connectivity index (χ2v) is 7.28. The van der Waals surface area contributed by atoms with Gasteiger partial charge in [-0.3, -0.25) is 4.79 Å². The summed E-state index contributed by atoms with van der Waals surface area (Å²) in [6.45, 7) is 1.65. The van der Waals surface area contributed by atoms with Gasteiger partial charge in [-0.25, -0.2) is 4.98 Å². The zero-order valence-corrected chi connectivity index (χ0v) is 17.0. The minimum Gasteiger partial charge on any atom is -0.330 e. The first-order chi connectivity index (χ1) is 12.3. The summed E-state index contributed by atoms with van der Waals surface area (Å²) in [5, 5.41) is 3.06. The van der Waals surface area contributed by atoms with Gasteiger partial charge < -0.3 is 15.6 Å². The molecule has 0 spiro atoms. The summed E-state index contributed by atoms with van der Waals surface area (Å²) >= 11 is 0. The summed E-state index contributed by atoms with van der Waals surface area (Å²) in [5.74, 6) is 1.53. The Morgan fingerprint density at radius 2 is 1.93 bits per heavy atom. The monoisotopic (exact) mass is 410 g/mol. The predicted octanol–water partition coefficient (Wildman–Crippen LogP) is 4.04. The molecule has 0 radical (unpaired) electrons. The fraction of sp³-hybridized carbons (Fsp3) is 0.500. The van der Waals surface area contributed by atoms with Gasteiger partial charge in [0.2, 0.25) is 5.91 Å². The van der Waals surface area contributed by atoms with Crippen LogP contribution in [-0.4, -0.2) is 22.0 Å². The van der Waals surface area contributed by atoms with Gasteiger partial charge in [0.05, 0.1) is 0 Å². The molecule has 2 heterocycles. The summed E-state index contributed by atoms with van der Waals surface area (Å²) in [6, 6.07) is 8.05. The summed E-state index contributed by atoms with van der Waals surface area (Å²) in [6.07, 6.45) is 8.70. The van der Waals surface area contributed by atoms with Gasteiger partial charge in [0.25, 0.3) is 0 Å². The van der Waals surface area contributed by atoms with Crippen LogP contribution in [-0.2, 0) is 17.8 Å². The van der Waals surface area contributed by atoms with Gasteiger partial charge in [-0.05, 0) is 68.8 Å². The molecule has 3 N–H and O–H groups in total. The third kappa shape index (κ3) is 4.48. The molecule has 0 saturated heterocycles. The first-order valence-corrected chi connectivity index (χ1v) is 9.42. The lowest BCUT2D eigenvalue weighted by atomic mass is 9.95. The van der Waals surface area contributed by atoms with Crippen molar-refractivity contribution in [3.05, 3.63) is 36.2 Å². The number of anilines is 1. The van der Waals surface area contributed by atoms with Crippen molar-refractivity contribution in [2.24, 2.45) is 17.6 Å². The van der Waals surface area contributed by atoms with E-state index in [1.165, 1.54) is 18.5 Å². The molecule has 27 heavy (non-hydrogen) atoms. The van der Waals surface area contributed by atoms with Gasteiger partial charge in [-0.1, -0.05) is 6.42 Å². The van der Waals surface area contributed by atoms with Crippen molar-refractivity contribution in [1.82, 2.24) is 9.55 Å². The Balaban J connectivity index is 0.00000131. The van der Waals surface area contributed by atoms with Gasteiger partial charge in [-0.15, -0.1) is 24.8 Å². The molecule has 5 nitrogen and oxygen atoms in total. The highest BCUT2D eigenvalue weighted by Gasteiger charge is 2.31. The summed E-state index contributed by atoms with van der Waals surface area (Å²) < 4.78 is 2.32. The molecule has 4 rings (SSSR count). The second kappa shape index (κ2) is 9.58. The van der Waals surface area contributed by atoms with Crippen LogP contribution in [0.3, 0.4) is 0 Å². The Morgan fingerprint density at radius 1 is 1.15 bits per heavy atom. The predicted molar refractivity (Wildman–Crippen MR) is 114 cm³/mol. The number of halogens is 2. The van der Waals surface area contributed by atoms with E-state index >= 15 is 0 Å². The number of aromatic nitrogens is 2. The Labute approximate surface area is 172 Å². The Morgan fingerprint density at radius 3 is 2.67 bits per heavy atom. The van der Waals surface area contributed by atoms with Crippen molar-refractivity contribution in [2.75, 3.05) is 11.9 Å². The van der Waals surface area contributed by atoms with Gasteiger partial charge in [0.1, 0.15) is 5.82 Å². The molecule has 1 aliphatic carbocycles. The van der Waals surface area contributed by atoms with E-state index in [0.717, 1.165) is 49.3 Å². The second-order valence-electron chi connectivity index (χ2n) is 7.28. The first-order valence-electron chi connectivity index (χ1n) is 9.42. The number of fused-ring (bicyclic) bond motifs is 1. The largest absolute Gasteiger partial charge is 0.330 e. The molecule has 0 unspecified atom stereocenters. The van der Waals surface area contributed by atoms with Crippen LogP contribution in [0.2, 0.25) is 0 Å². The third-order valence-electron chi connectivity index (χ3n) is 5.71. The highest BCUT2D eigenvalue weighted by atomic mass is 35.5. The summed E-state index contributed by atoms with van der Waals surface area (Å²) in [4.78, 5) is 17.1. The van der Waals surface area contributed by atoms with Crippen LogP contribution in [0.5, 0.6) is 0 Å². The third-order valence-corrected chi connectivity index (χ3v) is 5.71. The minimum absolute atomic E-state index is 0. The lowest BCUT2D eigenvalue weighted by Crippen LogP contribution is -2.29. The number of nitrogens with zero attached hydrogens (tertiary/aromatic N) is 2. The molecule has 2 aromatic rings. The van der Waals surface area contributed by atoms with Crippen molar-refractivity contribution >= 4 is 36.4 Å². The van der Waals surface area contributed by atoms with Crippen molar-refractivity contribution in [3.8, 4) is 11.4 Å². The lowest BCUT2D eigenvalue weighted by molar-refractivity contribution is -0.120. The van der Waals surface area contributed by atoms with E-state index in [0.29, 0.717) is 12.5 Å². The average Bonchev–Trinajstić information content (AvgIpc) is 3.29. The van der Waals surface area contributed by atoms with Gasteiger partial charge in [-0.2, -0.15) is 0 Å². The molecular formula is C20H28Cl2N4O. The maximum Gasteiger partial charge on any atom is 0.227 e. The number of aryl methyl sites for hydroxylation is 1. The normalized spacial score (nSPS) is 20.9. The zero-order chi connectivity index (χ0) is 17.2. The molecule has 1 aromatic carbocycles. The van der Waals surface area contributed by atoms with E-state index in [2.05, 4.69) is 27.0 Å². The molecule has 7 heteroatoms. The van der Waals surface area contributed by atoms with Crippen LogP contribution in [0.15, 0.2) is 30.5 Å². The van der Waals surface area contributed by atoms with Crippen molar-refractivity contribution in [1.29, 1.82) is 0 Å². The Bertz CT molecular complexity index is 760. The number of amides is 1. The molecule has 2 aliphatic rings. The molecule has 2 atom stereocenters. The number of rotatable bonds is 4. The van der Waals surface area contributed by atoms with E-state index in [9.17, 15) is 4.79 Å². The fourth-order valence-electron chi connectivity index (χ4n) is 4.27. The lowest BCUT2D eigenvalue weighted by Gasteiger charge is -2.18. The number of benzene rings is 1. The Kier molecular flexibility index (Phi) is 7.71. The minimum atomic E-state index is 0. The Hall–Kier alpha value is -1.56. The van der Waals surface area contributed by atoms with Crippen LogP contribution in [0.25, 0.3) is 11.4 Å². The van der Waals surface area contributed by atoms with Crippen molar-refractivity contribution < 1.29 is 4.79 Å².